The molecular weight excluding hydrogens is 246 g/mol. The minimum Gasteiger partial charge on any atom is -0.308 e. The Morgan fingerprint density at radius 2 is 1.70 bits per heavy atom. The Balaban J connectivity index is 2.02. The van der Waals surface area contributed by atoms with Gasteiger partial charge in [0, 0.05) is 23.8 Å². The van der Waals surface area contributed by atoms with Crippen molar-refractivity contribution in [3.05, 3.63) is 52.8 Å². The van der Waals surface area contributed by atoms with Crippen LogP contribution in [0.1, 0.15) is 43.0 Å². The van der Waals surface area contributed by atoms with Gasteiger partial charge in [0.25, 0.3) is 0 Å². The van der Waals surface area contributed by atoms with Crippen molar-refractivity contribution in [2.24, 2.45) is 0 Å². The van der Waals surface area contributed by atoms with E-state index >= 15 is 0 Å². The van der Waals surface area contributed by atoms with Gasteiger partial charge in [-0.05, 0) is 40.2 Å². The molecule has 0 aliphatic heterocycles. The lowest BCUT2D eigenvalue weighted by molar-refractivity contribution is 0.424. The van der Waals surface area contributed by atoms with Crippen LogP contribution in [0.15, 0.2) is 30.6 Å². The summed E-state index contributed by atoms with van der Waals surface area (Å²) in [5.41, 5.74) is 5.28. The summed E-state index contributed by atoms with van der Waals surface area (Å²) in [5, 5.41) is 7.93. The van der Waals surface area contributed by atoms with E-state index in [0.29, 0.717) is 0 Å². The monoisotopic (exact) mass is 271 g/mol. The van der Waals surface area contributed by atoms with Crippen LogP contribution in [0.2, 0.25) is 0 Å². The third-order valence-corrected chi connectivity index (χ3v) is 3.14. The number of aryl methyl sites for hydroxylation is 2. The SMILES string of the molecule is Cc1cc(C)cc(Cn2cc(CNC(C)(C)C)cn2)c1. The zero-order valence-electron chi connectivity index (χ0n) is 13.2. The van der Waals surface area contributed by atoms with Gasteiger partial charge in [0.2, 0.25) is 0 Å². The smallest absolute Gasteiger partial charge is 0.0659 e. The van der Waals surface area contributed by atoms with E-state index in [1.165, 1.54) is 22.3 Å². The maximum Gasteiger partial charge on any atom is 0.0659 e. The molecule has 0 amide bonds. The van der Waals surface area contributed by atoms with Crippen LogP contribution in [0.25, 0.3) is 0 Å². The lowest BCUT2D eigenvalue weighted by Crippen LogP contribution is -2.34. The van der Waals surface area contributed by atoms with Gasteiger partial charge in [0.15, 0.2) is 0 Å². The fourth-order valence-corrected chi connectivity index (χ4v) is 2.30. The first kappa shape index (κ1) is 14.8. The van der Waals surface area contributed by atoms with Crippen molar-refractivity contribution < 1.29 is 0 Å². The molecule has 0 saturated carbocycles. The first-order chi connectivity index (χ1) is 9.32. The summed E-state index contributed by atoms with van der Waals surface area (Å²) in [7, 11) is 0. The molecule has 1 aromatic carbocycles. The maximum atomic E-state index is 4.45. The molecule has 0 atom stereocenters. The van der Waals surface area contributed by atoms with E-state index in [-0.39, 0.29) is 5.54 Å². The predicted octanol–water partition coefficient (Wildman–Crippen LogP) is 3.44. The zero-order valence-corrected chi connectivity index (χ0v) is 13.2. The average molecular weight is 271 g/mol. The average Bonchev–Trinajstić information content (AvgIpc) is 2.72. The molecule has 20 heavy (non-hydrogen) atoms. The zero-order chi connectivity index (χ0) is 14.8. The van der Waals surface area contributed by atoms with Crippen molar-refractivity contribution in [1.82, 2.24) is 15.1 Å². The minimum atomic E-state index is 0.135. The van der Waals surface area contributed by atoms with Crippen molar-refractivity contribution in [1.29, 1.82) is 0 Å². The van der Waals surface area contributed by atoms with Gasteiger partial charge in [-0.3, -0.25) is 4.68 Å². The number of hydrogen-bond acceptors (Lipinski definition) is 2. The van der Waals surface area contributed by atoms with E-state index in [4.69, 9.17) is 0 Å². The molecule has 2 rings (SSSR count). The van der Waals surface area contributed by atoms with Gasteiger partial charge in [-0.15, -0.1) is 0 Å². The Morgan fingerprint density at radius 1 is 1.05 bits per heavy atom. The topological polar surface area (TPSA) is 29.9 Å². The van der Waals surface area contributed by atoms with Crippen LogP contribution in [-0.4, -0.2) is 15.3 Å². The standard InChI is InChI=1S/C17H25N3/c1-13-6-14(2)8-15(7-13)11-20-12-16(10-19-20)9-18-17(3,4)5/h6-8,10,12,18H,9,11H2,1-5H3. The van der Waals surface area contributed by atoms with E-state index in [0.717, 1.165) is 13.1 Å². The number of rotatable bonds is 4. The fraction of sp³-hybridized carbons (Fsp3) is 0.471. The number of benzene rings is 1. The van der Waals surface area contributed by atoms with Crippen LogP contribution in [0, 0.1) is 13.8 Å². The molecule has 3 nitrogen and oxygen atoms in total. The highest BCUT2D eigenvalue weighted by atomic mass is 15.3. The molecule has 0 radical (unpaired) electrons. The van der Waals surface area contributed by atoms with Gasteiger partial charge in [-0.2, -0.15) is 5.10 Å². The van der Waals surface area contributed by atoms with Crippen LogP contribution >= 0.6 is 0 Å². The summed E-state index contributed by atoms with van der Waals surface area (Å²) in [6.07, 6.45) is 4.07. The number of hydrogen-bond donors (Lipinski definition) is 1. The van der Waals surface area contributed by atoms with Gasteiger partial charge in [-0.1, -0.05) is 29.3 Å². The lowest BCUT2D eigenvalue weighted by atomic mass is 10.1. The third kappa shape index (κ3) is 4.49. The van der Waals surface area contributed by atoms with E-state index < -0.39 is 0 Å². The second-order valence-corrected chi connectivity index (χ2v) is 6.65. The first-order valence-corrected chi connectivity index (χ1v) is 7.15. The third-order valence-electron chi connectivity index (χ3n) is 3.14. The summed E-state index contributed by atoms with van der Waals surface area (Å²) >= 11 is 0. The van der Waals surface area contributed by atoms with E-state index in [9.17, 15) is 0 Å². The molecule has 1 N–H and O–H groups in total. The molecule has 0 unspecified atom stereocenters. The van der Waals surface area contributed by atoms with Crippen LogP contribution in [0.5, 0.6) is 0 Å². The van der Waals surface area contributed by atoms with Crippen molar-refractivity contribution in [2.75, 3.05) is 0 Å². The van der Waals surface area contributed by atoms with Crippen molar-refractivity contribution >= 4 is 0 Å². The van der Waals surface area contributed by atoms with Gasteiger partial charge in [0.05, 0.1) is 12.7 Å². The van der Waals surface area contributed by atoms with Crippen LogP contribution in [0.3, 0.4) is 0 Å². The summed E-state index contributed by atoms with van der Waals surface area (Å²) < 4.78 is 2.01. The Kier molecular flexibility index (Phi) is 4.29. The predicted molar refractivity (Wildman–Crippen MR) is 83.8 cm³/mol. The fourth-order valence-electron chi connectivity index (χ4n) is 2.30. The van der Waals surface area contributed by atoms with Crippen molar-refractivity contribution in [2.45, 2.75) is 53.2 Å². The number of nitrogens with one attached hydrogen (secondary N) is 1. The van der Waals surface area contributed by atoms with E-state index in [2.05, 4.69) is 69.4 Å². The minimum absolute atomic E-state index is 0.135. The lowest BCUT2D eigenvalue weighted by Gasteiger charge is -2.19. The molecule has 3 heteroatoms. The Morgan fingerprint density at radius 3 is 2.30 bits per heavy atom. The van der Waals surface area contributed by atoms with Gasteiger partial charge in [0.1, 0.15) is 0 Å². The highest BCUT2D eigenvalue weighted by Crippen LogP contribution is 2.11. The molecule has 0 aliphatic rings. The van der Waals surface area contributed by atoms with Crippen LogP contribution in [0.4, 0.5) is 0 Å². The largest absolute Gasteiger partial charge is 0.308 e. The van der Waals surface area contributed by atoms with Gasteiger partial charge >= 0.3 is 0 Å². The van der Waals surface area contributed by atoms with E-state index in [1.54, 1.807) is 0 Å². The first-order valence-electron chi connectivity index (χ1n) is 7.15. The summed E-state index contributed by atoms with van der Waals surface area (Å²) in [6.45, 7) is 12.5. The van der Waals surface area contributed by atoms with Crippen molar-refractivity contribution in [3.63, 3.8) is 0 Å². The number of aromatic nitrogens is 2. The molecule has 0 aliphatic carbocycles. The molecule has 0 fully saturated rings. The van der Waals surface area contributed by atoms with Gasteiger partial charge < -0.3 is 5.32 Å². The molecule has 0 bridgehead atoms. The summed E-state index contributed by atoms with van der Waals surface area (Å²) in [4.78, 5) is 0. The highest BCUT2D eigenvalue weighted by molar-refractivity contribution is 5.28. The normalized spacial score (nSPS) is 11.8. The molecular formula is C17H25N3. The van der Waals surface area contributed by atoms with Crippen molar-refractivity contribution in [3.8, 4) is 0 Å². The number of nitrogens with zero attached hydrogens (tertiary/aromatic N) is 2. The maximum absolute atomic E-state index is 4.45. The molecule has 108 valence electrons. The molecule has 1 heterocycles. The quantitative estimate of drug-likeness (QED) is 0.923. The Labute approximate surface area is 122 Å². The Hall–Kier alpha value is -1.61. The second kappa shape index (κ2) is 5.80. The Bertz CT molecular complexity index is 556. The molecule has 0 spiro atoms. The molecule has 2 aromatic rings. The van der Waals surface area contributed by atoms with Gasteiger partial charge in [-0.25, -0.2) is 0 Å². The molecule has 0 saturated heterocycles. The molecule has 1 aromatic heterocycles. The summed E-state index contributed by atoms with van der Waals surface area (Å²) in [6, 6.07) is 6.65. The van der Waals surface area contributed by atoms with E-state index in [1.807, 2.05) is 10.9 Å². The second-order valence-electron chi connectivity index (χ2n) is 6.65. The highest BCUT2D eigenvalue weighted by Gasteiger charge is 2.09. The van der Waals surface area contributed by atoms with Crippen LogP contribution in [-0.2, 0) is 13.1 Å². The van der Waals surface area contributed by atoms with Crippen LogP contribution < -0.4 is 5.32 Å². The summed E-state index contributed by atoms with van der Waals surface area (Å²) in [5.74, 6) is 0.